The van der Waals surface area contributed by atoms with Gasteiger partial charge in [0.15, 0.2) is 16.6 Å². The number of fused-ring (bicyclic) bond motifs is 2. The van der Waals surface area contributed by atoms with E-state index in [-0.39, 0.29) is 18.4 Å². The van der Waals surface area contributed by atoms with E-state index in [0.717, 1.165) is 44.7 Å². The average molecular weight is 500 g/mol. The van der Waals surface area contributed by atoms with Crippen LogP contribution >= 0.6 is 12.2 Å². The van der Waals surface area contributed by atoms with Crippen LogP contribution in [0.15, 0.2) is 71.5 Å². The van der Waals surface area contributed by atoms with Gasteiger partial charge in [0.2, 0.25) is 6.79 Å². The van der Waals surface area contributed by atoms with Gasteiger partial charge in [-0.25, -0.2) is 0 Å². The highest BCUT2D eigenvalue weighted by Gasteiger charge is 2.19. The van der Waals surface area contributed by atoms with Gasteiger partial charge in [0.05, 0.1) is 12.6 Å². The maximum Gasteiger partial charge on any atom is 0.253 e. The van der Waals surface area contributed by atoms with Crippen molar-refractivity contribution < 1.29 is 9.47 Å². The van der Waals surface area contributed by atoms with Gasteiger partial charge >= 0.3 is 0 Å². The molecule has 0 saturated carbocycles. The molecule has 36 heavy (non-hydrogen) atoms. The number of nitrogens with zero attached hydrogens (tertiary/aromatic N) is 1. The van der Waals surface area contributed by atoms with Crippen molar-refractivity contribution in [2.24, 2.45) is 0 Å². The number of aromatic nitrogens is 1. The second-order valence-corrected chi connectivity index (χ2v) is 9.68. The molecule has 7 heteroatoms. The Morgan fingerprint density at radius 2 is 1.81 bits per heavy atom. The molecule has 0 aliphatic carbocycles. The molecule has 5 rings (SSSR count). The number of nitrogens with one attached hydrogen (secondary N) is 2. The predicted molar refractivity (Wildman–Crippen MR) is 146 cm³/mol. The van der Waals surface area contributed by atoms with Crippen LogP contribution in [0.4, 0.5) is 0 Å². The Balaban J connectivity index is 1.46. The topological polar surface area (TPSA) is 66.6 Å². The van der Waals surface area contributed by atoms with Crippen molar-refractivity contribution in [3.8, 4) is 11.5 Å². The lowest BCUT2D eigenvalue weighted by atomic mass is 10.0. The van der Waals surface area contributed by atoms with Crippen LogP contribution in [0.3, 0.4) is 0 Å². The van der Waals surface area contributed by atoms with E-state index in [2.05, 4.69) is 42.3 Å². The maximum absolute atomic E-state index is 13.1. The Labute approximate surface area is 215 Å². The van der Waals surface area contributed by atoms with Gasteiger partial charge in [-0.15, -0.1) is 0 Å². The van der Waals surface area contributed by atoms with Gasteiger partial charge < -0.3 is 24.7 Å². The molecule has 4 aromatic rings. The minimum absolute atomic E-state index is 0.0121. The van der Waals surface area contributed by atoms with Crippen molar-refractivity contribution in [3.63, 3.8) is 0 Å². The zero-order valence-corrected chi connectivity index (χ0v) is 21.4. The van der Waals surface area contributed by atoms with Gasteiger partial charge in [0, 0.05) is 23.0 Å². The van der Waals surface area contributed by atoms with E-state index in [9.17, 15) is 4.79 Å². The lowest BCUT2D eigenvalue weighted by molar-refractivity contribution is 0.174. The number of ether oxygens (including phenoxy) is 2. The van der Waals surface area contributed by atoms with Crippen LogP contribution in [-0.4, -0.2) is 21.8 Å². The molecule has 3 aromatic carbocycles. The number of benzene rings is 3. The summed E-state index contributed by atoms with van der Waals surface area (Å²) in [5.74, 6) is 1.46. The quantitative estimate of drug-likeness (QED) is 0.341. The van der Waals surface area contributed by atoms with E-state index in [1.807, 2.05) is 60.4 Å². The van der Waals surface area contributed by atoms with E-state index in [0.29, 0.717) is 23.8 Å². The molecule has 0 fully saturated rings. The van der Waals surface area contributed by atoms with Gasteiger partial charge in [-0.2, -0.15) is 0 Å². The smallest absolute Gasteiger partial charge is 0.253 e. The van der Waals surface area contributed by atoms with Gasteiger partial charge in [0.1, 0.15) is 0 Å². The first-order valence-corrected chi connectivity index (χ1v) is 12.4. The Hall–Kier alpha value is -3.84. The van der Waals surface area contributed by atoms with Crippen LogP contribution in [0, 0.1) is 13.8 Å². The third kappa shape index (κ3) is 5.06. The molecule has 6 nitrogen and oxygen atoms in total. The highest BCUT2D eigenvalue weighted by molar-refractivity contribution is 7.80. The van der Waals surface area contributed by atoms with E-state index in [1.165, 1.54) is 0 Å². The molecule has 1 aliphatic rings. The molecule has 0 bridgehead atoms. The summed E-state index contributed by atoms with van der Waals surface area (Å²) in [7, 11) is 0. The first kappa shape index (κ1) is 23.9. The second kappa shape index (κ2) is 10.0. The molecular weight excluding hydrogens is 470 g/mol. The average Bonchev–Trinajstić information content (AvgIpc) is 3.32. The monoisotopic (exact) mass is 499 g/mol. The van der Waals surface area contributed by atoms with Crippen molar-refractivity contribution >= 4 is 28.2 Å². The summed E-state index contributed by atoms with van der Waals surface area (Å²) < 4.78 is 11.0. The second-order valence-electron chi connectivity index (χ2n) is 9.29. The molecule has 0 unspecified atom stereocenters. The van der Waals surface area contributed by atoms with Crippen molar-refractivity contribution in [3.05, 3.63) is 105 Å². The van der Waals surface area contributed by atoms with E-state index < -0.39 is 0 Å². The molecule has 0 spiro atoms. The van der Waals surface area contributed by atoms with Crippen LogP contribution < -0.4 is 20.3 Å². The number of pyridine rings is 1. The fourth-order valence-corrected chi connectivity index (χ4v) is 4.91. The normalized spacial score (nSPS) is 13.0. The van der Waals surface area contributed by atoms with Gasteiger partial charge in [-0.3, -0.25) is 4.79 Å². The molecule has 0 saturated heterocycles. The minimum Gasteiger partial charge on any atom is -0.454 e. The highest BCUT2D eigenvalue weighted by atomic mass is 32.1. The molecule has 2 heterocycles. The van der Waals surface area contributed by atoms with Crippen LogP contribution in [-0.2, 0) is 13.1 Å². The van der Waals surface area contributed by atoms with Crippen LogP contribution in [0.5, 0.6) is 11.5 Å². The van der Waals surface area contributed by atoms with Gasteiger partial charge in [-0.1, -0.05) is 42.5 Å². The SMILES string of the molecule is Cc1cc(C)c2cc(CN(Cc3ccc4c(c3)OCO4)C(=S)N[C@@H](C)c3ccccc3)c(=O)[nH]c2c1. The summed E-state index contributed by atoms with van der Waals surface area (Å²) >= 11 is 5.88. The van der Waals surface area contributed by atoms with Crippen LogP contribution in [0.2, 0.25) is 0 Å². The number of aryl methyl sites for hydroxylation is 2. The van der Waals surface area contributed by atoms with Crippen molar-refractivity contribution in [1.82, 2.24) is 15.2 Å². The highest BCUT2D eigenvalue weighted by Crippen LogP contribution is 2.33. The third-order valence-electron chi connectivity index (χ3n) is 6.49. The number of H-pyrrole nitrogens is 1. The lowest BCUT2D eigenvalue weighted by Crippen LogP contribution is -2.41. The van der Waals surface area contributed by atoms with Crippen molar-refractivity contribution in [1.29, 1.82) is 0 Å². The summed E-state index contributed by atoms with van der Waals surface area (Å²) in [5, 5.41) is 5.06. The number of aromatic amines is 1. The molecule has 0 radical (unpaired) electrons. The van der Waals surface area contributed by atoms with Gasteiger partial charge in [-0.05, 0) is 79.5 Å². The summed E-state index contributed by atoms with van der Waals surface area (Å²) in [5.41, 5.74) is 5.80. The van der Waals surface area contributed by atoms with E-state index in [1.54, 1.807) is 0 Å². The van der Waals surface area contributed by atoms with Gasteiger partial charge in [0.25, 0.3) is 5.56 Å². The van der Waals surface area contributed by atoms with Crippen LogP contribution in [0.25, 0.3) is 10.9 Å². The Morgan fingerprint density at radius 3 is 2.61 bits per heavy atom. The third-order valence-corrected chi connectivity index (χ3v) is 6.86. The van der Waals surface area contributed by atoms with E-state index >= 15 is 0 Å². The first-order valence-electron chi connectivity index (χ1n) is 12.0. The predicted octanol–water partition coefficient (Wildman–Crippen LogP) is 5.51. The Morgan fingerprint density at radius 1 is 1.03 bits per heavy atom. The standard InChI is InChI=1S/C29H29N3O3S/c1-18-11-19(2)24-14-23(28(33)31-25(24)12-18)16-32(15-21-9-10-26-27(13-21)35-17-34-26)29(36)30-20(3)22-7-5-4-6-8-22/h4-14,20H,15-17H2,1-3H3,(H,30,36)(H,31,33)/t20-/m0/s1. The molecule has 0 amide bonds. The largest absolute Gasteiger partial charge is 0.454 e. The molecule has 2 N–H and O–H groups in total. The Kier molecular flexibility index (Phi) is 6.65. The molecule has 1 aliphatic heterocycles. The zero-order valence-electron chi connectivity index (χ0n) is 20.6. The zero-order chi connectivity index (χ0) is 25.2. The van der Waals surface area contributed by atoms with Crippen LogP contribution in [0.1, 0.15) is 40.8 Å². The number of hydrogen-bond acceptors (Lipinski definition) is 4. The fourth-order valence-electron chi connectivity index (χ4n) is 4.60. The number of thiocarbonyl (C=S) groups is 1. The first-order chi connectivity index (χ1) is 17.4. The lowest BCUT2D eigenvalue weighted by Gasteiger charge is -2.28. The fraction of sp³-hybridized carbons (Fsp3) is 0.241. The summed E-state index contributed by atoms with van der Waals surface area (Å²) in [6, 6.07) is 22.2. The summed E-state index contributed by atoms with van der Waals surface area (Å²) in [6.07, 6.45) is 0. The minimum atomic E-state index is -0.109. The molecule has 1 aromatic heterocycles. The summed E-state index contributed by atoms with van der Waals surface area (Å²) in [4.78, 5) is 18.2. The summed E-state index contributed by atoms with van der Waals surface area (Å²) in [6.45, 7) is 7.27. The number of hydrogen-bond donors (Lipinski definition) is 2. The van der Waals surface area contributed by atoms with E-state index in [4.69, 9.17) is 21.7 Å². The Bertz CT molecular complexity index is 1480. The number of rotatable bonds is 6. The molecular formula is C29H29N3O3S. The van der Waals surface area contributed by atoms with Crippen molar-refractivity contribution in [2.75, 3.05) is 6.79 Å². The maximum atomic E-state index is 13.1. The van der Waals surface area contributed by atoms with Crippen molar-refractivity contribution in [2.45, 2.75) is 39.9 Å². The molecule has 184 valence electrons. The molecule has 1 atom stereocenters.